The van der Waals surface area contributed by atoms with Crippen LogP contribution in [0.4, 0.5) is 0 Å². The van der Waals surface area contributed by atoms with Crippen LogP contribution < -0.4 is 0 Å². The molecule has 0 spiro atoms. The van der Waals surface area contributed by atoms with E-state index in [2.05, 4.69) is 21.3 Å². The molecule has 1 fully saturated rings. The molecule has 3 heterocycles. The van der Waals surface area contributed by atoms with Crippen LogP contribution in [0, 0.1) is 22.8 Å². The molecule has 3 aromatic rings. The predicted molar refractivity (Wildman–Crippen MR) is 84.0 cm³/mol. The van der Waals surface area contributed by atoms with Gasteiger partial charge in [0.2, 0.25) is 0 Å². The normalized spacial score (nSPS) is 16.9. The van der Waals surface area contributed by atoms with E-state index < -0.39 is 0 Å². The maximum absolute atomic E-state index is 9.14. The van der Waals surface area contributed by atoms with Gasteiger partial charge in [-0.2, -0.15) is 15.5 Å². The van der Waals surface area contributed by atoms with Crippen LogP contribution in [0.3, 0.4) is 0 Å². The molecule has 2 aromatic heterocycles. The molecule has 0 bridgehead atoms. The molecule has 0 radical (unpaired) electrons. The minimum Gasteiger partial charge on any atom is -0.334 e. The molecule has 24 heavy (non-hydrogen) atoms. The Bertz CT molecular complexity index is 996. The summed E-state index contributed by atoms with van der Waals surface area (Å²) in [4.78, 5) is 10.4. The minimum atomic E-state index is -0.115. The Kier molecular flexibility index (Phi) is 3.33. The third-order valence-corrected chi connectivity index (χ3v) is 4.17. The zero-order chi connectivity index (χ0) is 16.5. The zero-order valence-corrected chi connectivity index (χ0v) is 12.7. The topological polar surface area (TPSA) is 103 Å². The number of hydrogen-bond donors (Lipinski definition) is 0. The molecule has 0 saturated carbocycles. The Morgan fingerprint density at radius 3 is 2.88 bits per heavy atom. The summed E-state index contributed by atoms with van der Waals surface area (Å²) in [5.74, 6) is 0.920. The van der Waals surface area contributed by atoms with Crippen LogP contribution in [-0.4, -0.2) is 26.6 Å². The molecule has 1 saturated heterocycles. The van der Waals surface area contributed by atoms with E-state index in [1.165, 1.54) is 0 Å². The quantitative estimate of drug-likeness (QED) is 0.670. The van der Waals surface area contributed by atoms with Crippen LogP contribution in [0.15, 0.2) is 34.9 Å². The van der Waals surface area contributed by atoms with Gasteiger partial charge in [0, 0.05) is 17.5 Å². The fourth-order valence-corrected chi connectivity index (χ4v) is 2.95. The molecule has 1 aromatic carbocycles. The molecular formula is C17H12N6O. The monoisotopic (exact) mass is 316 g/mol. The number of fused-ring (bicyclic) bond motifs is 1. The fraction of sp³-hybridized carbons (Fsp3) is 0.235. The Hall–Kier alpha value is -3.45. The van der Waals surface area contributed by atoms with Crippen molar-refractivity contribution < 1.29 is 4.52 Å². The Morgan fingerprint density at radius 2 is 2.04 bits per heavy atom. The molecule has 0 amide bonds. The number of aromatic nitrogens is 3. The maximum Gasteiger partial charge on any atom is 0.258 e. The molecule has 116 valence electrons. The summed E-state index contributed by atoms with van der Waals surface area (Å²) in [5, 5.41) is 23.1. The van der Waals surface area contributed by atoms with Gasteiger partial charge in [0.1, 0.15) is 17.8 Å². The number of nitrogens with zero attached hydrogens (tertiary/aromatic N) is 6. The van der Waals surface area contributed by atoms with Crippen molar-refractivity contribution in [3.05, 3.63) is 41.9 Å². The number of likely N-dealkylation sites (tertiary alicyclic amines) is 1. The fourth-order valence-electron chi connectivity index (χ4n) is 2.95. The summed E-state index contributed by atoms with van der Waals surface area (Å²) in [7, 11) is 0. The second kappa shape index (κ2) is 5.64. The first-order valence-electron chi connectivity index (χ1n) is 7.60. The average Bonchev–Trinajstić information content (AvgIpc) is 3.29. The van der Waals surface area contributed by atoms with Crippen molar-refractivity contribution in [2.45, 2.75) is 18.9 Å². The van der Waals surface area contributed by atoms with Crippen LogP contribution in [0.25, 0.3) is 22.4 Å². The Labute approximate surface area is 137 Å². The lowest BCUT2D eigenvalue weighted by molar-refractivity contribution is 0.339. The third-order valence-electron chi connectivity index (χ3n) is 4.17. The van der Waals surface area contributed by atoms with E-state index in [-0.39, 0.29) is 6.04 Å². The van der Waals surface area contributed by atoms with Crippen molar-refractivity contribution in [2.75, 3.05) is 6.54 Å². The first-order valence-corrected chi connectivity index (χ1v) is 7.60. The largest absolute Gasteiger partial charge is 0.334 e. The van der Waals surface area contributed by atoms with Crippen molar-refractivity contribution in [2.24, 2.45) is 0 Å². The van der Waals surface area contributed by atoms with Gasteiger partial charge in [0.25, 0.3) is 5.89 Å². The molecule has 7 heteroatoms. The summed E-state index contributed by atoms with van der Waals surface area (Å²) in [5.41, 5.74) is 1.80. The van der Waals surface area contributed by atoms with Gasteiger partial charge in [-0.15, -0.1) is 0 Å². The second-order valence-corrected chi connectivity index (χ2v) is 5.62. The predicted octanol–water partition coefficient (Wildman–Crippen LogP) is 2.77. The standard InChI is InChI=1S/C17H12N6O/c18-9-13-6-5-11-3-4-12(8-14(11)20-13)17-21-16(22-24-17)15-2-1-7-23(15)10-19/h3-6,8,15H,1-2,7H2. The zero-order valence-electron chi connectivity index (χ0n) is 12.7. The number of pyridine rings is 1. The number of nitriles is 2. The highest BCUT2D eigenvalue weighted by Crippen LogP contribution is 2.31. The van der Waals surface area contributed by atoms with E-state index in [4.69, 9.17) is 15.0 Å². The van der Waals surface area contributed by atoms with Gasteiger partial charge in [-0.05, 0) is 37.1 Å². The number of rotatable bonds is 2. The lowest BCUT2D eigenvalue weighted by Crippen LogP contribution is -2.17. The first kappa shape index (κ1) is 14.2. The lowest BCUT2D eigenvalue weighted by atomic mass is 10.1. The van der Waals surface area contributed by atoms with Gasteiger partial charge in [-0.3, -0.25) is 4.90 Å². The molecular weight excluding hydrogens is 304 g/mol. The van der Waals surface area contributed by atoms with E-state index >= 15 is 0 Å². The third kappa shape index (κ3) is 2.33. The maximum atomic E-state index is 9.14. The summed E-state index contributed by atoms with van der Waals surface area (Å²) >= 11 is 0. The Balaban J connectivity index is 1.70. The highest BCUT2D eigenvalue weighted by Gasteiger charge is 2.29. The van der Waals surface area contributed by atoms with Gasteiger partial charge in [0.05, 0.1) is 5.52 Å². The number of hydrogen-bond acceptors (Lipinski definition) is 7. The van der Waals surface area contributed by atoms with Gasteiger partial charge in [0.15, 0.2) is 12.0 Å². The van der Waals surface area contributed by atoms with Crippen LogP contribution in [0.2, 0.25) is 0 Å². The van der Waals surface area contributed by atoms with Crippen molar-refractivity contribution in [1.82, 2.24) is 20.0 Å². The molecule has 1 aliphatic rings. The molecule has 0 N–H and O–H groups in total. The van der Waals surface area contributed by atoms with Crippen molar-refractivity contribution >= 4 is 10.9 Å². The van der Waals surface area contributed by atoms with Gasteiger partial charge in [-0.1, -0.05) is 11.2 Å². The van der Waals surface area contributed by atoms with Gasteiger partial charge in [-0.25, -0.2) is 4.98 Å². The van der Waals surface area contributed by atoms with E-state index in [9.17, 15) is 0 Å². The summed E-state index contributed by atoms with van der Waals surface area (Å²) in [6, 6.07) is 11.1. The second-order valence-electron chi connectivity index (χ2n) is 5.62. The summed E-state index contributed by atoms with van der Waals surface area (Å²) in [6.45, 7) is 0.724. The number of benzene rings is 1. The van der Waals surface area contributed by atoms with E-state index in [0.29, 0.717) is 22.9 Å². The molecule has 7 nitrogen and oxygen atoms in total. The molecule has 0 aliphatic carbocycles. The molecule has 1 atom stereocenters. The minimum absolute atomic E-state index is 0.115. The molecule has 1 aliphatic heterocycles. The van der Waals surface area contributed by atoms with Crippen LogP contribution in [0.5, 0.6) is 0 Å². The van der Waals surface area contributed by atoms with E-state index in [1.54, 1.807) is 11.0 Å². The van der Waals surface area contributed by atoms with Crippen LogP contribution in [-0.2, 0) is 0 Å². The highest BCUT2D eigenvalue weighted by atomic mass is 16.5. The smallest absolute Gasteiger partial charge is 0.258 e. The summed E-state index contributed by atoms with van der Waals surface area (Å²) in [6.07, 6.45) is 3.96. The van der Waals surface area contributed by atoms with Crippen molar-refractivity contribution in [3.8, 4) is 23.7 Å². The van der Waals surface area contributed by atoms with E-state index in [1.807, 2.05) is 30.3 Å². The van der Waals surface area contributed by atoms with Crippen molar-refractivity contribution in [1.29, 1.82) is 10.5 Å². The summed E-state index contributed by atoms with van der Waals surface area (Å²) < 4.78 is 5.37. The molecule has 4 rings (SSSR count). The first-order chi connectivity index (χ1) is 11.8. The van der Waals surface area contributed by atoms with Crippen LogP contribution >= 0.6 is 0 Å². The van der Waals surface area contributed by atoms with Crippen molar-refractivity contribution in [3.63, 3.8) is 0 Å². The van der Waals surface area contributed by atoms with Crippen LogP contribution in [0.1, 0.15) is 30.4 Å². The average molecular weight is 316 g/mol. The van der Waals surface area contributed by atoms with Gasteiger partial charge < -0.3 is 4.52 Å². The SMILES string of the molecule is N#Cc1ccc2ccc(-c3nc(C4CCCN4C#N)no3)cc2n1. The molecule has 1 unspecified atom stereocenters. The lowest BCUT2D eigenvalue weighted by Gasteiger charge is -2.13. The Morgan fingerprint density at radius 1 is 1.17 bits per heavy atom. The van der Waals surface area contributed by atoms with E-state index in [0.717, 1.165) is 30.3 Å². The van der Waals surface area contributed by atoms with Gasteiger partial charge >= 0.3 is 0 Å². The highest BCUT2D eigenvalue weighted by molar-refractivity contribution is 5.83.